The highest BCUT2D eigenvalue weighted by atomic mass is 16.6. The number of hydrogen-bond donors (Lipinski definition) is 2. The van der Waals surface area contributed by atoms with Crippen molar-refractivity contribution in [1.29, 1.82) is 0 Å². The lowest BCUT2D eigenvalue weighted by Crippen LogP contribution is -2.48. The van der Waals surface area contributed by atoms with Gasteiger partial charge in [-0.15, -0.1) is 0 Å². The average Bonchev–Trinajstić information content (AvgIpc) is 2.15. The van der Waals surface area contributed by atoms with Gasteiger partial charge in [0.15, 0.2) is 0 Å². The molecule has 0 aromatic carbocycles. The zero-order valence-electron chi connectivity index (χ0n) is 11.1. The Balaban J connectivity index is 2.51. The second-order valence-corrected chi connectivity index (χ2v) is 5.77. The Hall–Kier alpha value is -1.10. The molecule has 0 spiro atoms. The number of nitrogens with one attached hydrogen (secondary N) is 2. The Kier molecular flexibility index (Phi) is 4.14. The van der Waals surface area contributed by atoms with E-state index in [0.717, 1.165) is 25.9 Å². The number of ether oxygens (including phenoxy) is 1. The van der Waals surface area contributed by atoms with E-state index in [1.54, 1.807) is 20.8 Å². The molecule has 1 aliphatic heterocycles. The van der Waals surface area contributed by atoms with Crippen molar-refractivity contribution in [2.75, 3.05) is 13.1 Å². The molecule has 2 N–H and O–H groups in total. The van der Waals surface area contributed by atoms with Crippen LogP contribution in [0.2, 0.25) is 0 Å². The Morgan fingerprint density at radius 3 is 2.24 bits per heavy atom. The molecule has 1 rings (SSSR count). The van der Waals surface area contributed by atoms with Crippen molar-refractivity contribution in [3.8, 4) is 0 Å². The third-order valence-corrected chi connectivity index (χ3v) is 2.87. The first-order chi connectivity index (χ1) is 7.73. The van der Waals surface area contributed by atoms with Crippen molar-refractivity contribution in [2.45, 2.75) is 46.1 Å². The van der Waals surface area contributed by atoms with Crippen LogP contribution in [0.25, 0.3) is 0 Å². The third kappa shape index (κ3) is 4.34. The Labute approximate surface area is 102 Å². The summed E-state index contributed by atoms with van der Waals surface area (Å²) in [4.78, 5) is 23.5. The Morgan fingerprint density at radius 1 is 1.24 bits per heavy atom. The highest BCUT2D eigenvalue weighted by Crippen LogP contribution is 2.28. The highest BCUT2D eigenvalue weighted by Gasteiger charge is 2.36. The molecule has 0 aliphatic carbocycles. The molecule has 17 heavy (non-hydrogen) atoms. The van der Waals surface area contributed by atoms with Crippen LogP contribution >= 0.6 is 0 Å². The number of amides is 2. The van der Waals surface area contributed by atoms with Crippen LogP contribution in [0.3, 0.4) is 0 Å². The molecular weight excluding hydrogens is 220 g/mol. The molecule has 0 saturated carbocycles. The second-order valence-electron chi connectivity index (χ2n) is 5.77. The van der Waals surface area contributed by atoms with Crippen LogP contribution in [-0.4, -0.2) is 30.7 Å². The zero-order valence-corrected chi connectivity index (χ0v) is 11.1. The van der Waals surface area contributed by atoms with Crippen LogP contribution in [0, 0.1) is 5.41 Å². The number of imide groups is 1. The van der Waals surface area contributed by atoms with Gasteiger partial charge in [0.1, 0.15) is 5.60 Å². The lowest BCUT2D eigenvalue weighted by Gasteiger charge is -2.32. The highest BCUT2D eigenvalue weighted by molar-refractivity contribution is 5.95. The second kappa shape index (κ2) is 5.04. The molecule has 1 heterocycles. The minimum Gasteiger partial charge on any atom is -0.444 e. The van der Waals surface area contributed by atoms with E-state index in [1.807, 2.05) is 6.92 Å². The molecule has 0 aromatic rings. The quantitative estimate of drug-likeness (QED) is 0.730. The summed E-state index contributed by atoms with van der Waals surface area (Å²) in [7, 11) is 0. The molecule has 1 saturated heterocycles. The van der Waals surface area contributed by atoms with E-state index in [4.69, 9.17) is 4.74 Å². The maximum absolute atomic E-state index is 12.0. The molecule has 0 unspecified atom stereocenters. The van der Waals surface area contributed by atoms with Gasteiger partial charge in [0, 0.05) is 5.41 Å². The molecule has 0 aromatic heterocycles. The number of carbonyl (C=O) groups excluding carboxylic acids is 2. The van der Waals surface area contributed by atoms with E-state index in [9.17, 15) is 9.59 Å². The van der Waals surface area contributed by atoms with Gasteiger partial charge in [0.2, 0.25) is 5.91 Å². The van der Waals surface area contributed by atoms with Gasteiger partial charge >= 0.3 is 6.09 Å². The topological polar surface area (TPSA) is 67.4 Å². The Morgan fingerprint density at radius 2 is 1.76 bits per heavy atom. The van der Waals surface area contributed by atoms with Gasteiger partial charge in [-0.25, -0.2) is 4.79 Å². The summed E-state index contributed by atoms with van der Waals surface area (Å²) in [5.74, 6) is -0.242. The lowest BCUT2D eigenvalue weighted by atomic mass is 9.80. The maximum atomic E-state index is 12.0. The molecule has 1 fully saturated rings. The fourth-order valence-corrected chi connectivity index (χ4v) is 1.75. The molecule has 1 aliphatic rings. The summed E-state index contributed by atoms with van der Waals surface area (Å²) in [6.45, 7) is 8.79. The first-order valence-corrected chi connectivity index (χ1v) is 5.98. The molecule has 2 amide bonds. The van der Waals surface area contributed by atoms with Gasteiger partial charge in [-0.1, -0.05) is 6.92 Å². The lowest BCUT2D eigenvalue weighted by molar-refractivity contribution is -0.131. The number of hydrogen-bond acceptors (Lipinski definition) is 4. The SMILES string of the molecule is CC(C)(C)OC(=O)NC(=O)C1(C)CCNCC1. The van der Waals surface area contributed by atoms with E-state index in [1.165, 1.54) is 0 Å². The summed E-state index contributed by atoms with van der Waals surface area (Å²) in [6, 6.07) is 0. The molecular formula is C12H22N2O3. The van der Waals surface area contributed by atoms with Crippen LogP contribution < -0.4 is 10.6 Å². The van der Waals surface area contributed by atoms with Crippen LogP contribution in [0.15, 0.2) is 0 Å². The third-order valence-electron chi connectivity index (χ3n) is 2.87. The minimum atomic E-state index is -0.665. The van der Waals surface area contributed by atoms with Gasteiger partial charge in [-0.05, 0) is 46.7 Å². The smallest absolute Gasteiger partial charge is 0.414 e. The molecule has 0 bridgehead atoms. The first-order valence-electron chi connectivity index (χ1n) is 5.98. The standard InChI is InChI=1S/C12H22N2O3/c1-11(2,3)17-10(16)14-9(15)12(4)5-7-13-8-6-12/h13H,5-8H2,1-4H3,(H,14,15,16). The van der Waals surface area contributed by atoms with Gasteiger partial charge < -0.3 is 10.1 Å². The molecule has 5 nitrogen and oxygen atoms in total. The van der Waals surface area contributed by atoms with E-state index in [-0.39, 0.29) is 5.91 Å². The number of carbonyl (C=O) groups is 2. The molecule has 0 atom stereocenters. The number of rotatable bonds is 1. The molecule has 98 valence electrons. The normalized spacial score (nSPS) is 19.5. The predicted molar refractivity (Wildman–Crippen MR) is 64.6 cm³/mol. The Bertz CT molecular complexity index is 301. The van der Waals surface area contributed by atoms with E-state index >= 15 is 0 Å². The largest absolute Gasteiger partial charge is 0.444 e. The van der Waals surface area contributed by atoms with Crippen LogP contribution in [0.4, 0.5) is 4.79 Å². The van der Waals surface area contributed by atoms with Gasteiger partial charge in [0.25, 0.3) is 0 Å². The predicted octanol–water partition coefficient (Wildman–Crippen LogP) is 1.43. The van der Waals surface area contributed by atoms with Gasteiger partial charge in [0.05, 0.1) is 0 Å². The number of alkyl carbamates (subject to hydrolysis) is 1. The van der Waals surface area contributed by atoms with Gasteiger partial charge in [-0.2, -0.15) is 0 Å². The zero-order chi connectivity index (χ0) is 13.1. The summed E-state index contributed by atoms with van der Waals surface area (Å²) >= 11 is 0. The van der Waals surface area contributed by atoms with Gasteiger partial charge in [-0.3, -0.25) is 10.1 Å². The maximum Gasteiger partial charge on any atom is 0.414 e. The van der Waals surface area contributed by atoms with Crippen LogP contribution in [0.5, 0.6) is 0 Å². The van der Waals surface area contributed by atoms with Crippen LogP contribution in [0.1, 0.15) is 40.5 Å². The van der Waals surface area contributed by atoms with E-state index in [0.29, 0.717) is 0 Å². The minimum absolute atomic E-state index is 0.242. The van der Waals surface area contributed by atoms with E-state index in [2.05, 4.69) is 10.6 Å². The summed E-state index contributed by atoms with van der Waals surface area (Å²) in [6.07, 6.45) is 0.811. The average molecular weight is 242 g/mol. The fourth-order valence-electron chi connectivity index (χ4n) is 1.75. The molecule has 0 radical (unpaired) electrons. The van der Waals surface area contributed by atoms with Crippen molar-refractivity contribution in [1.82, 2.24) is 10.6 Å². The number of piperidine rings is 1. The summed E-state index contributed by atoms with van der Waals surface area (Å²) in [5, 5.41) is 5.51. The van der Waals surface area contributed by atoms with E-state index < -0.39 is 17.1 Å². The van der Waals surface area contributed by atoms with Crippen molar-refractivity contribution >= 4 is 12.0 Å². The fraction of sp³-hybridized carbons (Fsp3) is 0.833. The summed E-state index contributed by atoms with van der Waals surface area (Å²) < 4.78 is 5.06. The first kappa shape index (κ1) is 14.0. The van der Waals surface area contributed by atoms with Crippen molar-refractivity contribution in [3.63, 3.8) is 0 Å². The summed E-state index contributed by atoms with van der Waals surface area (Å²) in [5.41, 5.74) is -1.05. The van der Waals surface area contributed by atoms with Crippen LogP contribution in [-0.2, 0) is 9.53 Å². The van der Waals surface area contributed by atoms with Crippen molar-refractivity contribution in [3.05, 3.63) is 0 Å². The monoisotopic (exact) mass is 242 g/mol. The van der Waals surface area contributed by atoms with Crippen molar-refractivity contribution in [2.24, 2.45) is 5.41 Å². The molecule has 5 heteroatoms. The van der Waals surface area contributed by atoms with Crippen molar-refractivity contribution < 1.29 is 14.3 Å².